The Morgan fingerprint density at radius 3 is 2.59 bits per heavy atom. The molecule has 2 N–H and O–H groups in total. The molecule has 1 aromatic rings. The fourth-order valence-electron chi connectivity index (χ4n) is 1.54. The fraction of sp³-hybridized carbons (Fsp3) is 0.417. The van der Waals surface area contributed by atoms with Crippen molar-refractivity contribution in [2.45, 2.75) is 6.92 Å². The number of hydrazone groups is 1. The van der Waals surface area contributed by atoms with Crippen molar-refractivity contribution in [3.63, 3.8) is 0 Å². The van der Waals surface area contributed by atoms with E-state index < -0.39 is 0 Å². The highest BCUT2D eigenvalue weighted by molar-refractivity contribution is 5.73. The highest BCUT2D eigenvalue weighted by atomic mass is 16.5. The molecule has 1 heterocycles. The molecule has 1 aliphatic heterocycles. The molecular weight excluding hydrogens is 218 g/mol. The average molecular weight is 235 g/mol. The first kappa shape index (κ1) is 11.7. The van der Waals surface area contributed by atoms with E-state index >= 15 is 0 Å². The van der Waals surface area contributed by atoms with E-state index in [0.717, 1.165) is 13.1 Å². The number of amidine groups is 1. The van der Waals surface area contributed by atoms with Crippen LogP contribution in [0.25, 0.3) is 0 Å². The summed E-state index contributed by atoms with van der Waals surface area (Å²) in [6.07, 6.45) is 0. The van der Waals surface area contributed by atoms with Gasteiger partial charge in [0.25, 0.3) is 0 Å². The lowest BCUT2D eigenvalue weighted by atomic mass is 10.2. The van der Waals surface area contributed by atoms with Crippen LogP contribution in [0.5, 0.6) is 5.75 Å². The third-order valence-corrected chi connectivity index (χ3v) is 2.47. The summed E-state index contributed by atoms with van der Waals surface area (Å²) in [6.45, 7) is 4.88. The molecule has 0 atom stereocenters. The lowest BCUT2D eigenvalue weighted by Crippen LogP contribution is -2.35. The van der Waals surface area contributed by atoms with E-state index in [9.17, 15) is 0 Å². The van der Waals surface area contributed by atoms with Crippen LogP contribution < -0.4 is 10.5 Å². The van der Waals surface area contributed by atoms with Crippen LogP contribution in [0.3, 0.4) is 0 Å². The molecule has 92 valence electrons. The maximum atomic E-state index is 5.72. The topological polar surface area (TPSA) is 60.1 Å². The van der Waals surface area contributed by atoms with Crippen molar-refractivity contribution in [3.05, 3.63) is 29.8 Å². The molecule has 0 aliphatic carbocycles. The fourth-order valence-corrected chi connectivity index (χ4v) is 1.54. The van der Waals surface area contributed by atoms with Crippen LogP contribution in [0.4, 0.5) is 0 Å². The number of rotatable bonds is 2. The predicted molar refractivity (Wildman–Crippen MR) is 65.8 cm³/mol. The zero-order valence-electron chi connectivity index (χ0n) is 9.93. The van der Waals surface area contributed by atoms with Crippen LogP contribution in [0, 0.1) is 6.92 Å². The predicted octanol–water partition coefficient (Wildman–Crippen LogP) is 0.936. The standard InChI is InChI=1S/C12H17N3O2/c1-10-2-4-11(5-3-10)17-12(13)14-15-6-8-16-9-7-15/h2-5H,6-9H2,1H3,(H2,13,14). The van der Waals surface area contributed by atoms with Crippen molar-refractivity contribution in [3.8, 4) is 5.75 Å². The Morgan fingerprint density at radius 2 is 1.94 bits per heavy atom. The van der Waals surface area contributed by atoms with Gasteiger partial charge in [0.05, 0.1) is 26.3 Å². The number of benzene rings is 1. The molecule has 0 aromatic heterocycles. The molecule has 0 radical (unpaired) electrons. The van der Waals surface area contributed by atoms with E-state index in [0.29, 0.717) is 19.0 Å². The summed E-state index contributed by atoms with van der Waals surface area (Å²) < 4.78 is 10.6. The minimum atomic E-state index is 0.163. The van der Waals surface area contributed by atoms with Gasteiger partial charge in [0.1, 0.15) is 5.75 Å². The van der Waals surface area contributed by atoms with Crippen molar-refractivity contribution < 1.29 is 9.47 Å². The Balaban J connectivity index is 1.93. The summed E-state index contributed by atoms with van der Waals surface area (Å²) in [5, 5.41) is 6.03. The quantitative estimate of drug-likeness (QED) is 0.612. The number of ether oxygens (including phenoxy) is 2. The molecular formula is C12H17N3O2. The summed E-state index contributed by atoms with van der Waals surface area (Å²) in [5.41, 5.74) is 6.90. The molecule has 5 heteroatoms. The van der Waals surface area contributed by atoms with Crippen LogP contribution in [0.1, 0.15) is 5.56 Å². The van der Waals surface area contributed by atoms with E-state index in [2.05, 4.69) is 5.10 Å². The number of nitrogens with two attached hydrogens (primary N) is 1. The van der Waals surface area contributed by atoms with Crippen molar-refractivity contribution in [1.29, 1.82) is 0 Å². The molecule has 1 fully saturated rings. The lowest BCUT2D eigenvalue weighted by Gasteiger charge is -2.23. The van der Waals surface area contributed by atoms with Gasteiger partial charge in [-0.25, -0.2) is 0 Å². The Kier molecular flexibility index (Phi) is 3.82. The van der Waals surface area contributed by atoms with E-state index in [1.54, 1.807) is 0 Å². The van der Waals surface area contributed by atoms with Gasteiger partial charge >= 0.3 is 6.02 Å². The zero-order chi connectivity index (χ0) is 12.1. The summed E-state index contributed by atoms with van der Waals surface area (Å²) in [4.78, 5) is 0. The third-order valence-electron chi connectivity index (χ3n) is 2.47. The van der Waals surface area contributed by atoms with Crippen molar-refractivity contribution >= 4 is 6.02 Å². The molecule has 1 aromatic carbocycles. The van der Waals surface area contributed by atoms with Gasteiger partial charge in [-0.3, -0.25) is 5.01 Å². The minimum Gasteiger partial charge on any atom is -0.425 e. The molecule has 0 bridgehead atoms. The SMILES string of the molecule is Cc1ccc(O/C(N)=N/N2CCOCC2)cc1. The van der Waals surface area contributed by atoms with Crippen LogP contribution in [0.2, 0.25) is 0 Å². The highest BCUT2D eigenvalue weighted by Crippen LogP contribution is 2.11. The van der Waals surface area contributed by atoms with Gasteiger partial charge in [-0.05, 0) is 19.1 Å². The molecule has 17 heavy (non-hydrogen) atoms. The van der Waals surface area contributed by atoms with Gasteiger partial charge in [0, 0.05) is 0 Å². The van der Waals surface area contributed by atoms with E-state index in [1.165, 1.54) is 5.56 Å². The first-order valence-electron chi connectivity index (χ1n) is 5.65. The Labute approximate surface area is 101 Å². The second kappa shape index (κ2) is 5.54. The van der Waals surface area contributed by atoms with Gasteiger partial charge in [-0.1, -0.05) is 17.7 Å². The zero-order valence-corrected chi connectivity index (χ0v) is 9.93. The molecule has 1 aliphatic rings. The van der Waals surface area contributed by atoms with Crippen LogP contribution in [-0.2, 0) is 4.74 Å². The van der Waals surface area contributed by atoms with Gasteiger partial charge < -0.3 is 15.2 Å². The van der Waals surface area contributed by atoms with Gasteiger partial charge in [-0.2, -0.15) is 0 Å². The summed E-state index contributed by atoms with van der Waals surface area (Å²) in [5.74, 6) is 0.699. The van der Waals surface area contributed by atoms with Crippen molar-refractivity contribution in [2.75, 3.05) is 26.3 Å². The van der Waals surface area contributed by atoms with Gasteiger partial charge in [0.2, 0.25) is 0 Å². The largest absolute Gasteiger partial charge is 0.425 e. The van der Waals surface area contributed by atoms with E-state index in [4.69, 9.17) is 15.2 Å². The Hall–Kier alpha value is -1.75. The minimum absolute atomic E-state index is 0.163. The molecule has 0 saturated carbocycles. The monoisotopic (exact) mass is 235 g/mol. The van der Waals surface area contributed by atoms with E-state index in [1.807, 2.05) is 36.2 Å². The number of hydrogen-bond acceptors (Lipinski definition) is 4. The van der Waals surface area contributed by atoms with Crippen LogP contribution in [0.15, 0.2) is 29.4 Å². The van der Waals surface area contributed by atoms with Crippen LogP contribution in [-0.4, -0.2) is 37.3 Å². The Bertz CT molecular complexity index is 383. The first-order chi connectivity index (χ1) is 8.24. The maximum absolute atomic E-state index is 5.72. The second-order valence-electron chi connectivity index (χ2n) is 3.92. The highest BCUT2D eigenvalue weighted by Gasteiger charge is 2.08. The molecule has 2 rings (SSSR count). The first-order valence-corrected chi connectivity index (χ1v) is 5.65. The van der Waals surface area contributed by atoms with Crippen LogP contribution >= 0.6 is 0 Å². The van der Waals surface area contributed by atoms with Gasteiger partial charge in [-0.15, -0.1) is 5.10 Å². The lowest BCUT2D eigenvalue weighted by molar-refractivity contribution is 0.0384. The summed E-state index contributed by atoms with van der Waals surface area (Å²) in [6, 6.07) is 7.85. The normalized spacial score (nSPS) is 17.0. The van der Waals surface area contributed by atoms with Crippen molar-refractivity contribution in [2.24, 2.45) is 10.8 Å². The number of nitrogens with zero attached hydrogens (tertiary/aromatic N) is 2. The molecule has 5 nitrogen and oxygen atoms in total. The average Bonchev–Trinajstić information content (AvgIpc) is 2.33. The Morgan fingerprint density at radius 1 is 1.29 bits per heavy atom. The molecule has 1 saturated heterocycles. The molecule has 0 amide bonds. The number of aryl methyl sites for hydroxylation is 1. The maximum Gasteiger partial charge on any atom is 0.309 e. The molecule has 0 spiro atoms. The van der Waals surface area contributed by atoms with Crippen molar-refractivity contribution in [1.82, 2.24) is 5.01 Å². The molecule has 0 unspecified atom stereocenters. The van der Waals surface area contributed by atoms with Gasteiger partial charge in [0.15, 0.2) is 0 Å². The second-order valence-corrected chi connectivity index (χ2v) is 3.92. The summed E-state index contributed by atoms with van der Waals surface area (Å²) in [7, 11) is 0. The number of hydrogen-bond donors (Lipinski definition) is 1. The third kappa shape index (κ3) is 3.64. The van der Waals surface area contributed by atoms with E-state index in [-0.39, 0.29) is 6.02 Å². The number of morpholine rings is 1. The summed E-state index contributed by atoms with van der Waals surface area (Å²) >= 11 is 0. The smallest absolute Gasteiger partial charge is 0.309 e.